The van der Waals surface area contributed by atoms with Gasteiger partial charge in [-0.15, -0.1) is 0 Å². The van der Waals surface area contributed by atoms with Gasteiger partial charge in [0.05, 0.1) is 6.61 Å². The molecule has 2 aromatic carbocycles. The van der Waals surface area contributed by atoms with Crippen molar-refractivity contribution in [2.45, 2.75) is 6.10 Å². The Labute approximate surface area is 106 Å². The quantitative estimate of drug-likeness (QED) is 0.754. The maximum absolute atomic E-state index is 5.73. The number of para-hydroxylation sites is 1. The fourth-order valence-electron chi connectivity index (χ4n) is 1.61. The Morgan fingerprint density at radius 3 is 2.44 bits per heavy atom. The summed E-state index contributed by atoms with van der Waals surface area (Å²) in [5.41, 5.74) is 0. The topological polar surface area (TPSA) is 31.0 Å². The van der Waals surface area contributed by atoms with Gasteiger partial charge in [-0.05, 0) is 24.3 Å². The van der Waals surface area contributed by atoms with Crippen LogP contribution in [0.5, 0.6) is 17.2 Å². The molecule has 18 heavy (non-hydrogen) atoms. The fourth-order valence-corrected chi connectivity index (χ4v) is 1.61. The highest BCUT2D eigenvalue weighted by Crippen LogP contribution is 2.25. The molecular formula is C15H14O3. The van der Waals surface area contributed by atoms with Crippen molar-refractivity contribution in [1.29, 1.82) is 0 Å². The summed E-state index contributed by atoms with van der Waals surface area (Å²) in [5.74, 6) is 2.40. The van der Waals surface area contributed by atoms with E-state index in [0.29, 0.717) is 6.61 Å². The number of hydrogen-bond donors (Lipinski definition) is 0. The third-order valence-corrected chi connectivity index (χ3v) is 2.62. The lowest BCUT2D eigenvalue weighted by atomic mass is 10.3. The molecular weight excluding hydrogens is 228 g/mol. The van der Waals surface area contributed by atoms with Gasteiger partial charge in [-0.3, -0.25) is 0 Å². The van der Waals surface area contributed by atoms with Gasteiger partial charge >= 0.3 is 0 Å². The zero-order chi connectivity index (χ0) is 12.2. The van der Waals surface area contributed by atoms with Crippen LogP contribution in [-0.4, -0.2) is 19.3 Å². The molecule has 0 N–H and O–H groups in total. The number of rotatable bonds is 5. The summed E-state index contributed by atoms with van der Waals surface area (Å²) in [4.78, 5) is 0. The molecule has 1 aliphatic heterocycles. The van der Waals surface area contributed by atoms with Crippen molar-refractivity contribution < 1.29 is 14.2 Å². The molecule has 0 amide bonds. The van der Waals surface area contributed by atoms with E-state index in [-0.39, 0.29) is 6.10 Å². The second kappa shape index (κ2) is 5.10. The molecule has 1 unspecified atom stereocenters. The van der Waals surface area contributed by atoms with Gasteiger partial charge in [-0.25, -0.2) is 0 Å². The van der Waals surface area contributed by atoms with Crippen LogP contribution in [0.25, 0.3) is 0 Å². The molecule has 1 heterocycles. The van der Waals surface area contributed by atoms with Gasteiger partial charge in [0.15, 0.2) is 0 Å². The van der Waals surface area contributed by atoms with Gasteiger partial charge in [0.2, 0.25) is 0 Å². The second-order valence-electron chi connectivity index (χ2n) is 4.16. The standard InChI is InChI=1S/C15H14O3/c1-2-5-12(6-3-1)18-14-8-4-7-13(9-14)16-10-15-11-17-15/h1-9,15H,10-11H2. The number of epoxide rings is 1. The van der Waals surface area contributed by atoms with Crippen LogP contribution in [0.2, 0.25) is 0 Å². The molecule has 92 valence electrons. The summed E-state index contributed by atoms with van der Waals surface area (Å²) >= 11 is 0. The highest BCUT2D eigenvalue weighted by molar-refractivity contribution is 5.36. The second-order valence-corrected chi connectivity index (χ2v) is 4.16. The molecule has 0 radical (unpaired) electrons. The molecule has 3 rings (SSSR count). The van der Waals surface area contributed by atoms with Crippen LogP contribution in [0.1, 0.15) is 0 Å². The van der Waals surface area contributed by atoms with E-state index in [1.807, 2.05) is 54.6 Å². The highest BCUT2D eigenvalue weighted by atomic mass is 16.6. The van der Waals surface area contributed by atoms with Crippen LogP contribution in [-0.2, 0) is 4.74 Å². The molecule has 1 aliphatic rings. The molecule has 0 bridgehead atoms. The van der Waals surface area contributed by atoms with Gasteiger partial charge in [0.1, 0.15) is 30.0 Å². The van der Waals surface area contributed by atoms with Gasteiger partial charge < -0.3 is 14.2 Å². The fraction of sp³-hybridized carbons (Fsp3) is 0.200. The Bertz CT molecular complexity index is 506. The van der Waals surface area contributed by atoms with Gasteiger partial charge in [0, 0.05) is 6.07 Å². The van der Waals surface area contributed by atoms with Crippen LogP contribution in [0.3, 0.4) is 0 Å². The lowest BCUT2D eigenvalue weighted by molar-refractivity contribution is 0.262. The van der Waals surface area contributed by atoms with Crippen molar-refractivity contribution in [3.05, 3.63) is 54.6 Å². The van der Waals surface area contributed by atoms with Crippen molar-refractivity contribution in [3.63, 3.8) is 0 Å². The molecule has 1 fully saturated rings. The largest absolute Gasteiger partial charge is 0.491 e. The smallest absolute Gasteiger partial charge is 0.131 e. The lowest BCUT2D eigenvalue weighted by Gasteiger charge is -2.08. The average molecular weight is 242 g/mol. The monoisotopic (exact) mass is 242 g/mol. The van der Waals surface area contributed by atoms with E-state index >= 15 is 0 Å². The van der Waals surface area contributed by atoms with Crippen molar-refractivity contribution in [2.75, 3.05) is 13.2 Å². The summed E-state index contributed by atoms with van der Waals surface area (Å²) in [6, 6.07) is 17.3. The first kappa shape index (κ1) is 11.1. The van der Waals surface area contributed by atoms with Crippen LogP contribution in [0, 0.1) is 0 Å². The SMILES string of the molecule is c1ccc(Oc2cccc(OCC3CO3)c2)cc1. The molecule has 0 saturated carbocycles. The van der Waals surface area contributed by atoms with E-state index in [0.717, 1.165) is 23.9 Å². The Kier molecular flexibility index (Phi) is 3.15. The first-order valence-electron chi connectivity index (χ1n) is 5.97. The molecule has 0 aliphatic carbocycles. The Morgan fingerprint density at radius 1 is 0.944 bits per heavy atom. The first-order chi connectivity index (χ1) is 8.90. The molecule has 2 aromatic rings. The van der Waals surface area contributed by atoms with Gasteiger partial charge in [-0.1, -0.05) is 24.3 Å². The Hall–Kier alpha value is -2.00. The van der Waals surface area contributed by atoms with Crippen molar-refractivity contribution in [1.82, 2.24) is 0 Å². The van der Waals surface area contributed by atoms with Gasteiger partial charge in [0.25, 0.3) is 0 Å². The van der Waals surface area contributed by atoms with Crippen LogP contribution in [0.4, 0.5) is 0 Å². The predicted octanol–water partition coefficient (Wildman–Crippen LogP) is 3.26. The summed E-state index contributed by atoms with van der Waals surface area (Å²) in [5, 5.41) is 0. The molecule has 1 saturated heterocycles. The minimum atomic E-state index is 0.267. The van der Waals surface area contributed by atoms with Gasteiger partial charge in [-0.2, -0.15) is 0 Å². The van der Waals surface area contributed by atoms with Crippen LogP contribution < -0.4 is 9.47 Å². The Morgan fingerprint density at radius 2 is 1.67 bits per heavy atom. The summed E-state index contributed by atoms with van der Waals surface area (Å²) in [6.07, 6.45) is 0.267. The van der Waals surface area contributed by atoms with E-state index < -0.39 is 0 Å². The Balaban J connectivity index is 1.66. The summed E-state index contributed by atoms with van der Waals surface area (Å²) < 4.78 is 16.4. The maximum Gasteiger partial charge on any atom is 0.131 e. The molecule has 0 spiro atoms. The van der Waals surface area contributed by atoms with Crippen LogP contribution in [0.15, 0.2) is 54.6 Å². The normalized spacial score (nSPS) is 17.2. The molecule has 3 heteroatoms. The third-order valence-electron chi connectivity index (χ3n) is 2.62. The van der Waals surface area contributed by atoms with E-state index in [1.54, 1.807) is 0 Å². The molecule has 0 aromatic heterocycles. The van der Waals surface area contributed by atoms with E-state index in [2.05, 4.69) is 0 Å². The minimum Gasteiger partial charge on any atom is -0.491 e. The van der Waals surface area contributed by atoms with Crippen molar-refractivity contribution >= 4 is 0 Å². The zero-order valence-corrected chi connectivity index (χ0v) is 9.91. The number of benzene rings is 2. The van der Waals surface area contributed by atoms with E-state index in [9.17, 15) is 0 Å². The number of ether oxygens (including phenoxy) is 3. The summed E-state index contributed by atoms with van der Waals surface area (Å²) in [7, 11) is 0. The lowest BCUT2D eigenvalue weighted by Crippen LogP contribution is -2.03. The summed E-state index contributed by atoms with van der Waals surface area (Å²) in [6.45, 7) is 1.41. The zero-order valence-electron chi connectivity index (χ0n) is 9.91. The van der Waals surface area contributed by atoms with E-state index in [4.69, 9.17) is 14.2 Å². The number of hydrogen-bond acceptors (Lipinski definition) is 3. The third kappa shape index (κ3) is 3.02. The first-order valence-corrected chi connectivity index (χ1v) is 5.97. The maximum atomic E-state index is 5.73. The van der Waals surface area contributed by atoms with Crippen molar-refractivity contribution in [2.24, 2.45) is 0 Å². The molecule has 3 nitrogen and oxygen atoms in total. The van der Waals surface area contributed by atoms with Crippen LogP contribution >= 0.6 is 0 Å². The minimum absolute atomic E-state index is 0.267. The average Bonchev–Trinajstić information content (AvgIpc) is 3.22. The predicted molar refractivity (Wildman–Crippen MR) is 68.2 cm³/mol. The highest BCUT2D eigenvalue weighted by Gasteiger charge is 2.23. The molecule has 1 atom stereocenters. The van der Waals surface area contributed by atoms with E-state index in [1.165, 1.54) is 0 Å². The van der Waals surface area contributed by atoms with Crippen molar-refractivity contribution in [3.8, 4) is 17.2 Å².